The van der Waals surface area contributed by atoms with Crippen LogP contribution < -0.4 is 0 Å². The number of ether oxygens (including phenoxy) is 1. The average molecular weight is 315 g/mol. The van der Waals surface area contributed by atoms with Crippen molar-refractivity contribution in [2.24, 2.45) is 11.8 Å². The van der Waals surface area contributed by atoms with Crippen molar-refractivity contribution in [1.82, 2.24) is 9.88 Å². The monoisotopic (exact) mass is 314 g/mol. The smallest absolute Gasteiger partial charge is 0.310 e. The number of aromatic nitrogens is 1. The second-order valence-corrected chi connectivity index (χ2v) is 5.46. The molecule has 5 nitrogen and oxygen atoms in total. The zero-order valence-corrected chi connectivity index (χ0v) is 11.9. The number of esters is 1. The van der Waals surface area contributed by atoms with Gasteiger partial charge in [0.15, 0.2) is 0 Å². The molecule has 0 radical (unpaired) electrons. The largest absolute Gasteiger partial charge is 0.469 e. The molecule has 1 fully saturated rings. The number of methoxy groups -OCH3 is 1. The first-order valence-corrected chi connectivity index (χ1v) is 6.53. The minimum Gasteiger partial charge on any atom is -0.469 e. The molecule has 1 aliphatic rings. The summed E-state index contributed by atoms with van der Waals surface area (Å²) in [5.41, 5.74) is 0.527. The molecule has 0 aromatic carbocycles. The maximum absolute atomic E-state index is 12.2. The van der Waals surface area contributed by atoms with Crippen LogP contribution >= 0.6 is 15.9 Å². The summed E-state index contributed by atoms with van der Waals surface area (Å²) in [6, 6.07) is 1.73. The highest BCUT2D eigenvalue weighted by Crippen LogP contribution is 2.25. The lowest BCUT2D eigenvalue weighted by Gasteiger charge is -2.14. The van der Waals surface area contributed by atoms with Crippen molar-refractivity contribution in [3.05, 3.63) is 22.4 Å². The summed E-state index contributed by atoms with van der Waals surface area (Å²) in [6.45, 7) is 2.96. The number of nitrogens with one attached hydrogen (secondary N) is 1. The van der Waals surface area contributed by atoms with E-state index in [0.29, 0.717) is 18.8 Å². The summed E-state index contributed by atoms with van der Waals surface area (Å²) in [7, 11) is 1.38. The third-order valence-corrected chi connectivity index (χ3v) is 3.74. The fraction of sp³-hybridized carbons (Fsp3) is 0.500. The Morgan fingerprint density at radius 1 is 1.50 bits per heavy atom. The first-order chi connectivity index (χ1) is 8.52. The van der Waals surface area contributed by atoms with Crippen molar-refractivity contribution in [2.75, 3.05) is 20.2 Å². The van der Waals surface area contributed by atoms with Gasteiger partial charge in [0.05, 0.1) is 13.0 Å². The molecule has 0 saturated carbocycles. The minimum atomic E-state index is -0.245. The number of carbonyl (C=O) groups excluding carboxylic acids is 2. The molecule has 0 aliphatic carbocycles. The molecule has 1 aliphatic heterocycles. The van der Waals surface area contributed by atoms with Gasteiger partial charge in [-0.15, -0.1) is 0 Å². The zero-order valence-electron chi connectivity index (χ0n) is 10.3. The van der Waals surface area contributed by atoms with Gasteiger partial charge < -0.3 is 14.6 Å². The lowest BCUT2D eigenvalue weighted by molar-refractivity contribution is -0.146. The fourth-order valence-electron chi connectivity index (χ4n) is 2.25. The number of halogens is 1. The molecule has 18 heavy (non-hydrogen) atoms. The van der Waals surface area contributed by atoms with E-state index in [1.165, 1.54) is 7.11 Å². The molecular weight excluding hydrogens is 300 g/mol. The van der Waals surface area contributed by atoms with Crippen molar-refractivity contribution in [1.29, 1.82) is 0 Å². The number of nitrogens with zero attached hydrogens (tertiary/aromatic N) is 1. The van der Waals surface area contributed by atoms with Crippen molar-refractivity contribution >= 4 is 27.8 Å². The molecule has 2 heterocycles. The molecule has 0 bridgehead atoms. The highest BCUT2D eigenvalue weighted by Gasteiger charge is 2.38. The van der Waals surface area contributed by atoms with Crippen LogP contribution in [0.15, 0.2) is 16.7 Å². The molecule has 1 aromatic rings. The van der Waals surface area contributed by atoms with E-state index in [2.05, 4.69) is 20.9 Å². The van der Waals surface area contributed by atoms with Crippen LogP contribution in [0.1, 0.15) is 17.4 Å². The zero-order chi connectivity index (χ0) is 13.3. The number of carbonyl (C=O) groups is 2. The summed E-state index contributed by atoms with van der Waals surface area (Å²) in [6.07, 6.45) is 1.71. The molecule has 2 rings (SSSR count). The predicted octanol–water partition coefficient (Wildman–Crippen LogP) is 1.66. The van der Waals surface area contributed by atoms with Gasteiger partial charge in [-0.05, 0) is 27.9 Å². The van der Waals surface area contributed by atoms with Gasteiger partial charge in [-0.3, -0.25) is 9.59 Å². The van der Waals surface area contributed by atoms with Crippen molar-refractivity contribution in [2.45, 2.75) is 6.92 Å². The van der Waals surface area contributed by atoms with Crippen LogP contribution in [-0.2, 0) is 9.53 Å². The molecule has 2 unspecified atom stereocenters. The molecule has 1 saturated heterocycles. The van der Waals surface area contributed by atoms with Crippen molar-refractivity contribution < 1.29 is 14.3 Å². The topological polar surface area (TPSA) is 62.4 Å². The molecule has 2 atom stereocenters. The standard InChI is InChI=1S/C12H15BrN2O3/c1-7-5-15(6-9(7)12(17)18-2)11(16)10-3-8(13)4-14-10/h3-4,7,9,14H,5-6H2,1-2H3. The van der Waals surface area contributed by atoms with Crippen molar-refractivity contribution in [3.63, 3.8) is 0 Å². The molecular formula is C12H15BrN2O3. The number of likely N-dealkylation sites (tertiary alicyclic amines) is 1. The van der Waals surface area contributed by atoms with Crippen LogP contribution in [0.3, 0.4) is 0 Å². The van der Waals surface area contributed by atoms with Gasteiger partial charge in [0.25, 0.3) is 5.91 Å². The number of rotatable bonds is 2. The summed E-state index contributed by atoms with van der Waals surface area (Å²) < 4.78 is 5.59. The normalized spacial score (nSPS) is 23.2. The Balaban J connectivity index is 2.08. The van der Waals surface area contributed by atoms with E-state index in [-0.39, 0.29) is 23.7 Å². The van der Waals surface area contributed by atoms with Crippen LogP contribution in [0, 0.1) is 11.8 Å². The Morgan fingerprint density at radius 2 is 2.22 bits per heavy atom. The first-order valence-electron chi connectivity index (χ1n) is 5.74. The van der Waals surface area contributed by atoms with Gasteiger partial charge in [-0.2, -0.15) is 0 Å². The van der Waals surface area contributed by atoms with Gasteiger partial charge in [-0.1, -0.05) is 6.92 Å². The Hall–Kier alpha value is -1.30. The number of hydrogen-bond donors (Lipinski definition) is 1. The Kier molecular flexibility index (Phi) is 3.75. The molecule has 1 aromatic heterocycles. The quantitative estimate of drug-likeness (QED) is 0.844. The highest BCUT2D eigenvalue weighted by atomic mass is 79.9. The molecule has 98 valence electrons. The maximum atomic E-state index is 12.2. The highest BCUT2D eigenvalue weighted by molar-refractivity contribution is 9.10. The van der Waals surface area contributed by atoms with E-state index in [4.69, 9.17) is 4.74 Å². The van der Waals surface area contributed by atoms with Crippen LogP contribution in [-0.4, -0.2) is 42.0 Å². The summed E-state index contributed by atoms with van der Waals surface area (Å²) >= 11 is 3.29. The van der Waals surface area contributed by atoms with Crippen LogP contribution in [0.2, 0.25) is 0 Å². The number of hydrogen-bond acceptors (Lipinski definition) is 3. The van der Waals surface area contributed by atoms with Gasteiger partial charge in [-0.25, -0.2) is 0 Å². The summed E-state index contributed by atoms with van der Waals surface area (Å²) in [4.78, 5) is 28.3. The van der Waals surface area contributed by atoms with Crippen LogP contribution in [0.5, 0.6) is 0 Å². The predicted molar refractivity (Wildman–Crippen MR) is 69.1 cm³/mol. The van der Waals surface area contributed by atoms with E-state index < -0.39 is 0 Å². The van der Waals surface area contributed by atoms with Gasteiger partial charge in [0, 0.05) is 23.8 Å². The van der Waals surface area contributed by atoms with Crippen LogP contribution in [0.25, 0.3) is 0 Å². The molecule has 6 heteroatoms. The van der Waals surface area contributed by atoms with E-state index >= 15 is 0 Å². The minimum absolute atomic E-state index is 0.0843. The molecule has 0 spiro atoms. The summed E-state index contributed by atoms with van der Waals surface area (Å²) in [5, 5.41) is 0. The second kappa shape index (κ2) is 5.14. The molecule has 1 amide bonds. The Bertz CT molecular complexity index is 472. The first kappa shape index (κ1) is 13.1. The average Bonchev–Trinajstić information content (AvgIpc) is 2.94. The number of aromatic amines is 1. The fourth-order valence-corrected chi connectivity index (χ4v) is 2.60. The second-order valence-electron chi connectivity index (χ2n) is 4.55. The number of H-pyrrole nitrogens is 1. The Morgan fingerprint density at radius 3 is 2.78 bits per heavy atom. The van der Waals surface area contributed by atoms with E-state index in [1.807, 2.05) is 6.92 Å². The van der Waals surface area contributed by atoms with Crippen molar-refractivity contribution in [3.8, 4) is 0 Å². The van der Waals surface area contributed by atoms with Crippen LogP contribution in [0.4, 0.5) is 0 Å². The number of amides is 1. The van der Waals surface area contributed by atoms with Gasteiger partial charge in [0.1, 0.15) is 5.69 Å². The summed E-state index contributed by atoms with van der Waals surface area (Å²) in [5.74, 6) is -0.429. The lowest BCUT2D eigenvalue weighted by atomic mass is 9.99. The third kappa shape index (κ3) is 2.43. The molecule has 1 N–H and O–H groups in total. The SMILES string of the molecule is COC(=O)C1CN(C(=O)c2cc(Br)c[nH]2)CC1C. The van der Waals surface area contributed by atoms with E-state index in [0.717, 1.165) is 4.47 Å². The third-order valence-electron chi connectivity index (χ3n) is 3.28. The van der Waals surface area contributed by atoms with E-state index in [9.17, 15) is 9.59 Å². The van der Waals surface area contributed by atoms with Gasteiger partial charge >= 0.3 is 5.97 Å². The van der Waals surface area contributed by atoms with Gasteiger partial charge in [0.2, 0.25) is 0 Å². The maximum Gasteiger partial charge on any atom is 0.310 e. The lowest BCUT2D eigenvalue weighted by Crippen LogP contribution is -2.30. The Labute approximate surface area is 114 Å². The van der Waals surface area contributed by atoms with E-state index in [1.54, 1.807) is 17.2 Å².